The molecule has 1 aromatic carbocycles. The second-order valence-corrected chi connectivity index (χ2v) is 6.03. The number of ether oxygens (including phenoxy) is 1. The lowest BCUT2D eigenvalue weighted by molar-refractivity contribution is 0.00979. The minimum absolute atomic E-state index is 0.415. The zero-order valence-corrected chi connectivity index (χ0v) is 12.8. The molecule has 0 unspecified atom stereocenters. The van der Waals surface area contributed by atoms with Crippen molar-refractivity contribution in [3.05, 3.63) is 35.4 Å². The normalized spacial score (nSPS) is 17.8. The highest BCUT2D eigenvalue weighted by Crippen LogP contribution is 2.18. The molecule has 112 valence electrons. The summed E-state index contributed by atoms with van der Waals surface area (Å²) in [6.45, 7) is 9.11. The Hall–Kier alpha value is -0.900. The maximum atomic E-state index is 5.72. The van der Waals surface area contributed by atoms with Crippen molar-refractivity contribution in [3.63, 3.8) is 0 Å². The van der Waals surface area contributed by atoms with Gasteiger partial charge in [-0.1, -0.05) is 38.1 Å². The third-order valence-electron chi connectivity index (χ3n) is 4.06. The van der Waals surface area contributed by atoms with E-state index in [-0.39, 0.29) is 0 Å². The number of nitrogens with two attached hydrogens (primary N) is 1. The van der Waals surface area contributed by atoms with Gasteiger partial charge in [0.05, 0.1) is 12.7 Å². The Morgan fingerprint density at radius 2 is 1.85 bits per heavy atom. The van der Waals surface area contributed by atoms with E-state index in [2.05, 4.69) is 43.0 Å². The Bertz CT molecular complexity index is 380. The van der Waals surface area contributed by atoms with Crippen LogP contribution in [-0.2, 0) is 11.3 Å². The van der Waals surface area contributed by atoms with Crippen molar-refractivity contribution < 1.29 is 4.74 Å². The van der Waals surface area contributed by atoms with E-state index in [1.54, 1.807) is 0 Å². The van der Waals surface area contributed by atoms with Crippen LogP contribution in [-0.4, -0.2) is 37.2 Å². The summed E-state index contributed by atoms with van der Waals surface area (Å²) in [5, 5.41) is 0. The molecule has 2 N–H and O–H groups in total. The van der Waals surface area contributed by atoms with Crippen LogP contribution in [0, 0.1) is 0 Å². The van der Waals surface area contributed by atoms with Gasteiger partial charge in [0.2, 0.25) is 0 Å². The molecule has 1 aromatic rings. The Morgan fingerprint density at radius 3 is 2.40 bits per heavy atom. The molecule has 0 aromatic heterocycles. The van der Waals surface area contributed by atoms with Gasteiger partial charge >= 0.3 is 0 Å². The highest BCUT2D eigenvalue weighted by molar-refractivity contribution is 5.24. The third-order valence-corrected chi connectivity index (χ3v) is 4.06. The van der Waals surface area contributed by atoms with Crippen LogP contribution in [0.5, 0.6) is 0 Å². The summed E-state index contributed by atoms with van der Waals surface area (Å²) >= 11 is 0. The number of piperidine rings is 1. The van der Waals surface area contributed by atoms with Crippen LogP contribution in [0.2, 0.25) is 0 Å². The fourth-order valence-corrected chi connectivity index (χ4v) is 2.73. The Balaban J connectivity index is 1.77. The van der Waals surface area contributed by atoms with Crippen LogP contribution in [0.15, 0.2) is 24.3 Å². The second kappa shape index (κ2) is 7.77. The molecule has 0 amide bonds. The van der Waals surface area contributed by atoms with Gasteiger partial charge in [-0.3, -0.25) is 4.90 Å². The molecule has 1 heterocycles. The van der Waals surface area contributed by atoms with E-state index in [4.69, 9.17) is 10.5 Å². The lowest BCUT2D eigenvalue weighted by Gasteiger charge is -2.31. The summed E-state index contributed by atoms with van der Waals surface area (Å²) in [6, 6.07) is 9.06. The highest BCUT2D eigenvalue weighted by atomic mass is 16.5. The van der Waals surface area contributed by atoms with Crippen LogP contribution < -0.4 is 5.73 Å². The van der Waals surface area contributed by atoms with Crippen molar-refractivity contribution in [3.8, 4) is 0 Å². The molecule has 0 bridgehead atoms. The number of hydrogen-bond acceptors (Lipinski definition) is 3. The Labute approximate surface area is 123 Å². The molecule has 0 saturated carbocycles. The Kier molecular flexibility index (Phi) is 6.02. The molecular formula is C17H28N2O. The molecule has 1 aliphatic rings. The van der Waals surface area contributed by atoms with E-state index in [1.165, 1.54) is 11.1 Å². The summed E-state index contributed by atoms with van der Waals surface area (Å²) < 4.78 is 5.72. The van der Waals surface area contributed by atoms with Gasteiger partial charge in [-0.2, -0.15) is 0 Å². The van der Waals surface area contributed by atoms with E-state index in [9.17, 15) is 0 Å². The summed E-state index contributed by atoms with van der Waals surface area (Å²) in [7, 11) is 0. The molecule has 1 aliphatic heterocycles. The lowest BCUT2D eigenvalue weighted by Crippen LogP contribution is -2.37. The summed E-state index contributed by atoms with van der Waals surface area (Å²) in [5.74, 6) is 0.611. The zero-order valence-electron chi connectivity index (χ0n) is 12.8. The SMILES string of the molecule is CC(C)c1ccc(CN2CCC(OCCN)CC2)cc1. The van der Waals surface area contributed by atoms with Gasteiger partial charge in [-0.25, -0.2) is 0 Å². The average Bonchev–Trinajstić information content (AvgIpc) is 2.47. The minimum Gasteiger partial charge on any atom is -0.377 e. The zero-order chi connectivity index (χ0) is 14.4. The van der Waals surface area contributed by atoms with Crippen molar-refractivity contribution in [2.24, 2.45) is 5.73 Å². The summed E-state index contributed by atoms with van der Waals surface area (Å²) in [4.78, 5) is 2.52. The molecule has 3 heteroatoms. The molecule has 0 atom stereocenters. The molecular weight excluding hydrogens is 248 g/mol. The standard InChI is InChI=1S/C17H28N2O/c1-14(2)16-5-3-15(4-6-16)13-19-10-7-17(8-11-19)20-12-9-18/h3-6,14,17H,7-13,18H2,1-2H3. The van der Waals surface area contributed by atoms with E-state index in [1.807, 2.05) is 0 Å². The van der Waals surface area contributed by atoms with Gasteiger partial charge in [-0.15, -0.1) is 0 Å². The second-order valence-electron chi connectivity index (χ2n) is 6.03. The lowest BCUT2D eigenvalue weighted by atomic mass is 10.0. The number of benzene rings is 1. The van der Waals surface area contributed by atoms with Gasteiger partial charge in [0.25, 0.3) is 0 Å². The summed E-state index contributed by atoms with van der Waals surface area (Å²) in [5.41, 5.74) is 8.30. The van der Waals surface area contributed by atoms with Crippen molar-refractivity contribution >= 4 is 0 Å². The maximum Gasteiger partial charge on any atom is 0.0600 e. The van der Waals surface area contributed by atoms with Gasteiger partial charge in [-0.05, 0) is 29.9 Å². The fraction of sp³-hybridized carbons (Fsp3) is 0.647. The number of likely N-dealkylation sites (tertiary alicyclic amines) is 1. The van der Waals surface area contributed by atoms with Crippen molar-refractivity contribution in [2.75, 3.05) is 26.2 Å². The maximum absolute atomic E-state index is 5.72. The van der Waals surface area contributed by atoms with Crippen LogP contribution in [0.1, 0.15) is 43.7 Å². The molecule has 0 radical (unpaired) electrons. The van der Waals surface area contributed by atoms with Gasteiger partial charge < -0.3 is 10.5 Å². The number of hydrogen-bond donors (Lipinski definition) is 1. The molecule has 3 nitrogen and oxygen atoms in total. The first-order valence-corrected chi connectivity index (χ1v) is 7.82. The van der Waals surface area contributed by atoms with Crippen LogP contribution in [0.3, 0.4) is 0 Å². The van der Waals surface area contributed by atoms with Crippen LogP contribution in [0.25, 0.3) is 0 Å². The smallest absolute Gasteiger partial charge is 0.0600 e. The molecule has 1 saturated heterocycles. The fourth-order valence-electron chi connectivity index (χ4n) is 2.73. The largest absolute Gasteiger partial charge is 0.377 e. The predicted octanol–water partition coefficient (Wildman–Crippen LogP) is 2.75. The first-order valence-electron chi connectivity index (χ1n) is 7.82. The highest BCUT2D eigenvalue weighted by Gasteiger charge is 2.19. The first-order chi connectivity index (χ1) is 9.69. The monoisotopic (exact) mass is 276 g/mol. The predicted molar refractivity (Wildman–Crippen MR) is 83.8 cm³/mol. The number of nitrogens with zero attached hydrogens (tertiary/aromatic N) is 1. The van der Waals surface area contributed by atoms with Gasteiger partial charge in [0.1, 0.15) is 0 Å². The Morgan fingerprint density at radius 1 is 1.20 bits per heavy atom. The molecule has 2 rings (SSSR count). The van der Waals surface area contributed by atoms with E-state index < -0.39 is 0 Å². The minimum atomic E-state index is 0.415. The van der Waals surface area contributed by atoms with Crippen LogP contribution >= 0.6 is 0 Å². The molecule has 0 aliphatic carbocycles. The van der Waals surface area contributed by atoms with Crippen LogP contribution in [0.4, 0.5) is 0 Å². The topological polar surface area (TPSA) is 38.5 Å². The van der Waals surface area contributed by atoms with Gasteiger partial charge in [0, 0.05) is 26.2 Å². The van der Waals surface area contributed by atoms with E-state index in [0.717, 1.165) is 32.5 Å². The molecule has 0 spiro atoms. The summed E-state index contributed by atoms with van der Waals surface area (Å²) in [6.07, 6.45) is 2.67. The van der Waals surface area contributed by atoms with Crippen molar-refractivity contribution in [1.29, 1.82) is 0 Å². The van der Waals surface area contributed by atoms with Crippen molar-refractivity contribution in [1.82, 2.24) is 4.90 Å². The van der Waals surface area contributed by atoms with E-state index >= 15 is 0 Å². The van der Waals surface area contributed by atoms with Gasteiger partial charge in [0.15, 0.2) is 0 Å². The first kappa shape index (κ1) is 15.5. The van der Waals surface area contributed by atoms with Crippen molar-refractivity contribution in [2.45, 2.75) is 45.3 Å². The molecule has 20 heavy (non-hydrogen) atoms. The quantitative estimate of drug-likeness (QED) is 0.868. The average molecular weight is 276 g/mol. The number of rotatable bonds is 6. The third kappa shape index (κ3) is 4.58. The molecule has 1 fully saturated rings. The van der Waals surface area contributed by atoms with E-state index in [0.29, 0.717) is 25.2 Å².